The van der Waals surface area contributed by atoms with Crippen molar-refractivity contribution in [1.29, 1.82) is 0 Å². The van der Waals surface area contributed by atoms with Gasteiger partial charge in [0.15, 0.2) is 0 Å². The van der Waals surface area contributed by atoms with Gasteiger partial charge in [0.05, 0.1) is 17.9 Å². The van der Waals surface area contributed by atoms with Crippen LogP contribution in [0.5, 0.6) is 0 Å². The molecule has 0 bridgehead atoms. The molecule has 0 saturated carbocycles. The third kappa shape index (κ3) is 5.28. The van der Waals surface area contributed by atoms with Crippen molar-refractivity contribution in [3.8, 4) is 0 Å². The number of hydrogen-bond donors (Lipinski definition) is 0. The molecule has 0 fully saturated rings. The van der Waals surface area contributed by atoms with Gasteiger partial charge in [-0.15, -0.1) is 11.8 Å². The highest BCUT2D eigenvalue weighted by atomic mass is 32.2. The quantitative estimate of drug-likeness (QED) is 0.592. The van der Waals surface area contributed by atoms with Crippen LogP contribution in [-0.2, 0) is 16.0 Å². The summed E-state index contributed by atoms with van der Waals surface area (Å²) in [4.78, 5) is 43.9. The van der Waals surface area contributed by atoms with Crippen LogP contribution in [0.25, 0.3) is 0 Å². The number of nitrogens with zero attached hydrogens (tertiary/aromatic N) is 3. The van der Waals surface area contributed by atoms with Gasteiger partial charge in [0.1, 0.15) is 0 Å². The summed E-state index contributed by atoms with van der Waals surface area (Å²) < 4.78 is 0. The molecular weight excluding hydrogens is 410 g/mol. The molecule has 3 rings (SSSR count). The molecule has 0 unspecified atom stereocenters. The molecule has 1 heterocycles. The van der Waals surface area contributed by atoms with Gasteiger partial charge >= 0.3 is 0 Å². The molecule has 3 amide bonds. The maximum absolute atomic E-state index is 13.0. The number of thioether (sulfide) groups is 1. The van der Waals surface area contributed by atoms with E-state index in [1.54, 1.807) is 24.1 Å². The van der Waals surface area contributed by atoms with Gasteiger partial charge in [-0.1, -0.05) is 30.3 Å². The second-order valence-electron chi connectivity index (χ2n) is 7.44. The van der Waals surface area contributed by atoms with E-state index in [2.05, 4.69) is 6.07 Å². The van der Waals surface area contributed by atoms with Gasteiger partial charge in [-0.05, 0) is 44.0 Å². The zero-order valence-corrected chi connectivity index (χ0v) is 19.2. The van der Waals surface area contributed by atoms with Gasteiger partial charge in [0.25, 0.3) is 5.91 Å². The highest BCUT2D eigenvalue weighted by molar-refractivity contribution is 8.00. The fourth-order valence-corrected chi connectivity index (χ4v) is 4.66. The Labute approximate surface area is 188 Å². The molecule has 7 heteroatoms. The largest absolute Gasteiger partial charge is 0.342 e. The predicted octanol–water partition coefficient (Wildman–Crippen LogP) is 3.31. The second kappa shape index (κ2) is 10.5. The first-order valence-corrected chi connectivity index (χ1v) is 11.6. The van der Waals surface area contributed by atoms with E-state index in [1.807, 2.05) is 49.1 Å². The van der Waals surface area contributed by atoms with Crippen LogP contribution in [0.2, 0.25) is 0 Å². The first kappa shape index (κ1) is 22.9. The fraction of sp³-hybridized carbons (Fsp3) is 0.375. The number of amides is 3. The Hall–Kier alpha value is -2.80. The van der Waals surface area contributed by atoms with Crippen LogP contribution in [0.15, 0.2) is 53.4 Å². The van der Waals surface area contributed by atoms with E-state index in [0.717, 1.165) is 17.0 Å². The normalized spacial score (nSPS) is 12.4. The number of carbonyl (C=O) groups excluding carboxylic acids is 3. The van der Waals surface area contributed by atoms with Crippen molar-refractivity contribution < 1.29 is 14.4 Å². The van der Waals surface area contributed by atoms with Crippen LogP contribution < -0.4 is 4.90 Å². The number of fused-ring (bicyclic) bond motifs is 1. The lowest BCUT2D eigenvalue weighted by atomic mass is 10.2. The molecule has 1 aliphatic rings. The Kier molecular flexibility index (Phi) is 7.74. The van der Waals surface area contributed by atoms with Crippen LogP contribution in [0.3, 0.4) is 0 Å². The molecule has 0 aliphatic carbocycles. The van der Waals surface area contributed by atoms with Crippen molar-refractivity contribution in [2.75, 3.05) is 43.9 Å². The van der Waals surface area contributed by atoms with Crippen molar-refractivity contribution >= 4 is 35.2 Å². The lowest BCUT2D eigenvalue weighted by Crippen LogP contribution is -2.41. The minimum Gasteiger partial charge on any atom is -0.342 e. The summed E-state index contributed by atoms with van der Waals surface area (Å²) in [6.07, 6.45) is 0.868. The lowest BCUT2D eigenvalue weighted by Gasteiger charge is -2.24. The Bertz CT molecular complexity index is 959. The molecule has 0 radical (unpaired) electrons. The van der Waals surface area contributed by atoms with Crippen molar-refractivity contribution in [2.45, 2.75) is 25.2 Å². The topological polar surface area (TPSA) is 60.9 Å². The standard InChI is InChI=1S/C24H29N3O3S/c1-4-26(5-2)22(28)16-25(3)24(30)19-11-7-9-13-21(19)31-17-23(29)27-15-14-18-10-6-8-12-20(18)27/h6-13H,4-5,14-17H2,1-3H3. The van der Waals surface area contributed by atoms with E-state index >= 15 is 0 Å². The van der Waals surface area contributed by atoms with E-state index in [0.29, 0.717) is 25.2 Å². The minimum atomic E-state index is -0.220. The number of hydrogen-bond acceptors (Lipinski definition) is 4. The molecule has 0 saturated heterocycles. The smallest absolute Gasteiger partial charge is 0.255 e. The SMILES string of the molecule is CCN(CC)C(=O)CN(C)C(=O)c1ccccc1SCC(=O)N1CCc2ccccc21. The Balaban J connectivity index is 1.66. The average molecular weight is 440 g/mol. The molecule has 164 valence electrons. The summed E-state index contributed by atoms with van der Waals surface area (Å²) in [5.41, 5.74) is 2.68. The third-order valence-corrected chi connectivity index (χ3v) is 6.55. The molecule has 2 aromatic rings. The van der Waals surface area contributed by atoms with Crippen molar-refractivity contribution in [3.05, 3.63) is 59.7 Å². The second-order valence-corrected chi connectivity index (χ2v) is 8.45. The van der Waals surface area contributed by atoms with E-state index < -0.39 is 0 Å². The maximum atomic E-state index is 13.0. The summed E-state index contributed by atoms with van der Waals surface area (Å²) in [5.74, 6) is -0.0144. The summed E-state index contributed by atoms with van der Waals surface area (Å²) in [7, 11) is 1.64. The average Bonchev–Trinajstić information content (AvgIpc) is 3.22. The molecule has 0 atom stereocenters. The molecule has 31 heavy (non-hydrogen) atoms. The first-order valence-electron chi connectivity index (χ1n) is 10.6. The van der Waals surface area contributed by atoms with E-state index in [9.17, 15) is 14.4 Å². The Morgan fingerprint density at radius 3 is 2.42 bits per heavy atom. The van der Waals surface area contributed by atoms with Gasteiger partial charge in [0, 0.05) is 37.3 Å². The molecule has 0 N–H and O–H groups in total. The molecule has 0 spiro atoms. The Morgan fingerprint density at radius 2 is 1.68 bits per heavy atom. The highest BCUT2D eigenvalue weighted by Gasteiger charge is 2.25. The van der Waals surface area contributed by atoms with Crippen LogP contribution >= 0.6 is 11.8 Å². The van der Waals surface area contributed by atoms with E-state index in [1.165, 1.54) is 22.2 Å². The summed E-state index contributed by atoms with van der Waals surface area (Å²) in [6.45, 7) is 5.80. The molecule has 6 nitrogen and oxygen atoms in total. The van der Waals surface area contributed by atoms with Crippen molar-refractivity contribution in [3.63, 3.8) is 0 Å². The minimum absolute atomic E-state index is 0.0299. The van der Waals surface area contributed by atoms with E-state index in [4.69, 9.17) is 0 Å². The first-order chi connectivity index (χ1) is 15.0. The number of para-hydroxylation sites is 1. The van der Waals surface area contributed by atoms with Crippen LogP contribution in [0.4, 0.5) is 5.69 Å². The van der Waals surface area contributed by atoms with E-state index in [-0.39, 0.29) is 30.0 Å². The number of anilines is 1. The number of rotatable bonds is 8. The molecule has 1 aliphatic heterocycles. The lowest BCUT2D eigenvalue weighted by molar-refractivity contribution is -0.131. The summed E-state index contributed by atoms with van der Waals surface area (Å²) in [5, 5.41) is 0. The Morgan fingerprint density at radius 1 is 1.00 bits per heavy atom. The third-order valence-electron chi connectivity index (χ3n) is 5.49. The van der Waals surface area contributed by atoms with Gasteiger partial charge in [0.2, 0.25) is 11.8 Å². The fourth-order valence-electron chi connectivity index (χ4n) is 3.74. The predicted molar refractivity (Wildman–Crippen MR) is 125 cm³/mol. The maximum Gasteiger partial charge on any atom is 0.255 e. The molecule has 0 aromatic heterocycles. The van der Waals surface area contributed by atoms with Crippen LogP contribution in [0, 0.1) is 0 Å². The van der Waals surface area contributed by atoms with Crippen LogP contribution in [-0.4, -0.2) is 66.5 Å². The number of benzene rings is 2. The van der Waals surface area contributed by atoms with Crippen LogP contribution in [0.1, 0.15) is 29.8 Å². The number of carbonyl (C=O) groups is 3. The highest BCUT2D eigenvalue weighted by Crippen LogP contribution is 2.30. The molecule has 2 aromatic carbocycles. The number of likely N-dealkylation sites (N-methyl/N-ethyl adjacent to an activating group) is 2. The van der Waals surface area contributed by atoms with Gasteiger partial charge in [-0.3, -0.25) is 14.4 Å². The zero-order valence-electron chi connectivity index (χ0n) is 18.3. The summed E-state index contributed by atoms with van der Waals surface area (Å²) in [6, 6.07) is 15.2. The molecular formula is C24H29N3O3S. The van der Waals surface area contributed by atoms with Crippen molar-refractivity contribution in [1.82, 2.24) is 9.80 Å². The van der Waals surface area contributed by atoms with Gasteiger partial charge in [-0.2, -0.15) is 0 Å². The van der Waals surface area contributed by atoms with Crippen molar-refractivity contribution in [2.24, 2.45) is 0 Å². The zero-order chi connectivity index (χ0) is 22.4. The monoisotopic (exact) mass is 439 g/mol. The summed E-state index contributed by atoms with van der Waals surface area (Å²) >= 11 is 1.36. The van der Waals surface area contributed by atoms with Gasteiger partial charge in [-0.25, -0.2) is 0 Å². The van der Waals surface area contributed by atoms with Gasteiger partial charge < -0.3 is 14.7 Å².